The zero-order chi connectivity index (χ0) is 21.2. The lowest BCUT2D eigenvalue weighted by Gasteiger charge is -2.57. The highest BCUT2D eigenvalue weighted by molar-refractivity contribution is 5.98. The number of rotatable bonds is 3. The van der Waals surface area contributed by atoms with Crippen molar-refractivity contribution in [3.63, 3.8) is 0 Å². The molecule has 2 saturated carbocycles. The molecule has 1 amide bonds. The van der Waals surface area contributed by atoms with Gasteiger partial charge in [-0.25, -0.2) is 9.49 Å². The number of hydrogen-bond acceptors (Lipinski definition) is 3. The Morgan fingerprint density at radius 1 is 1.06 bits per heavy atom. The summed E-state index contributed by atoms with van der Waals surface area (Å²) in [6.45, 7) is 0. The summed E-state index contributed by atoms with van der Waals surface area (Å²) in [7, 11) is 0. The number of carbonyl (C=O) groups is 1. The van der Waals surface area contributed by atoms with E-state index in [9.17, 15) is 14.0 Å². The van der Waals surface area contributed by atoms with Gasteiger partial charge in [0.2, 0.25) is 0 Å². The van der Waals surface area contributed by atoms with Crippen molar-refractivity contribution in [2.24, 2.45) is 5.41 Å². The van der Waals surface area contributed by atoms with Crippen LogP contribution in [-0.2, 0) is 0 Å². The van der Waals surface area contributed by atoms with Gasteiger partial charge in [0, 0.05) is 28.2 Å². The van der Waals surface area contributed by atoms with Crippen LogP contribution in [0, 0.1) is 11.2 Å². The molecule has 2 aromatic heterocycles. The van der Waals surface area contributed by atoms with Crippen LogP contribution in [0.25, 0.3) is 21.7 Å². The maximum absolute atomic E-state index is 13.4. The number of hydrogen-bond donors (Lipinski definition) is 3. The van der Waals surface area contributed by atoms with Crippen LogP contribution < -0.4 is 10.9 Å². The summed E-state index contributed by atoms with van der Waals surface area (Å²) in [5.74, 6) is -0.144. The molecule has 0 bridgehead atoms. The van der Waals surface area contributed by atoms with Gasteiger partial charge in [0.25, 0.3) is 11.5 Å². The zero-order valence-corrected chi connectivity index (χ0v) is 16.7. The smallest absolute Gasteiger partial charge is 0.272 e. The van der Waals surface area contributed by atoms with E-state index in [2.05, 4.69) is 20.5 Å². The summed E-state index contributed by atoms with van der Waals surface area (Å²) in [5, 5.41) is 12.5. The van der Waals surface area contributed by atoms with E-state index < -0.39 is 0 Å². The third kappa shape index (κ3) is 2.95. The second kappa shape index (κ2) is 6.51. The lowest BCUT2D eigenvalue weighted by atomic mass is 9.49. The standard InChI is InChI=1S/C24H21FN4O2/c25-15-6-5-13-7-20(27-19(13)8-15)23(31)26-16-11-24(12-16)9-14(10-24)21-17-3-1-2-4-18(17)22(30)29-28-21/h1-8,14,16,27H,9-12H2,(H,26,31)(H,29,30)/t14-,16-,24?. The number of nitrogens with one attached hydrogen (secondary N) is 3. The van der Waals surface area contributed by atoms with E-state index in [0.717, 1.165) is 42.1 Å². The minimum absolute atomic E-state index is 0.150. The number of nitrogens with zero attached hydrogens (tertiary/aromatic N) is 1. The average molecular weight is 416 g/mol. The topological polar surface area (TPSA) is 90.6 Å². The maximum Gasteiger partial charge on any atom is 0.272 e. The van der Waals surface area contributed by atoms with E-state index >= 15 is 0 Å². The number of H-pyrrole nitrogens is 2. The maximum atomic E-state index is 13.4. The van der Waals surface area contributed by atoms with Gasteiger partial charge in [-0.1, -0.05) is 18.2 Å². The van der Waals surface area contributed by atoms with E-state index in [-0.39, 0.29) is 28.7 Å². The largest absolute Gasteiger partial charge is 0.350 e. The van der Waals surface area contributed by atoms with Gasteiger partial charge in [-0.05, 0) is 61.4 Å². The molecular weight excluding hydrogens is 395 g/mol. The minimum atomic E-state index is -0.327. The number of fused-ring (bicyclic) bond motifs is 2. The number of aromatic amines is 2. The number of benzene rings is 2. The molecule has 6 rings (SSSR count). The fourth-order valence-corrected chi connectivity index (χ4v) is 5.53. The van der Waals surface area contributed by atoms with Crippen LogP contribution in [-0.4, -0.2) is 27.1 Å². The number of carbonyl (C=O) groups excluding carboxylic acids is 1. The average Bonchev–Trinajstić information content (AvgIpc) is 3.13. The van der Waals surface area contributed by atoms with Crippen LogP contribution >= 0.6 is 0 Å². The molecule has 0 unspecified atom stereocenters. The Labute approximate surface area is 176 Å². The van der Waals surface area contributed by atoms with Crippen LogP contribution in [0.4, 0.5) is 4.39 Å². The van der Waals surface area contributed by atoms with Gasteiger partial charge in [-0.2, -0.15) is 5.10 Å². The molecule has 0 aliphatic heterocycles. The van der Waals surface area contributed by atoms with E-state index in [0.29, 0.717) is 22.5 Å². The van der Waals surface area contributed by atoms with Crippen molar-refractivity contribution in [3.8, 4) is 0 Å². The van der Waals surface area contributed by atoms with Crippen LogP contribution in [0.5, 0.6) is 0 Å². The predicted octanol–water partition coefficient (Wildman–Crippen LogP) is 4.00. The normalized spacial score (nSPS) is 24.8. The summed E-state index contributed by atoms with van der Waals surface area (Å²) in [6.07, 6.45) is 3.94. The first kappa shape index (κ1) is 18.3. The van der Waals surface area contributed by atoms with Gasteiger partial charge in [0.15, 0.2) is 0 Å². The van der Waals surface area contributed by atoms with E-state index in [4.69, 9.17) is 0 Å². The molecule has 2 aliphatic rings. The molecular formula is C24H21FN4O2. The van der Waals surface area contributed by atoms with Gasteiger partial charge in [-0.15, -0.1) is 0 Å². The molecule has 2 heterocycles. The van der Waals surface area contributed by atoms with Crippen molar-refractivity contribution < 1.29 is 9.18 Å². The SMILES string of the molecule is O=C(N[C@H]1CC2(C1)C[C@H](c1n[nH]c(=O)c3ccccc31)C2)c1cc2ccc(F)cc2[nH]1. The second-order valence-electron chi connectivity index (χ2n) is 9.08. The Bertz CT molecular complexity index is 1390. The van der Waals surface area contributed by atoms with Gasteiger partial charge in [-0.3, -0.25) is 9.59 Å². The van der Waals surface area contributed by atoms with E-state index in [1.807, 2.05) is 24.3 Å². The highest BCUT2D eigenvalue weighted by Crippen LogP contribution is 2.62. The molecule has 0 saturated heterocycles. The molecule has 2 aromatic carbocycles. The molecule has 0 atom stereocenters. The van der Waals surface area contributed by atoms with Crippen LogP contribution in [0.2, 0.25) is 0 Å². The van der Waals surface area contributed by atoms with Gasteiger partial charge in [0.1, 0.15) is 11.5 Å². The van der Waals surface area contributed by atoms with Crippen LogP contribution in [0.1, 0.15) is 47.8 Å². The van der Waals surface area contributed by atoms with Gasteiger partial charge in [0.05, 0.1) is 11.1 Å². The number of amides is 1. The molecule has 3 N–H and O–H groups in total. The molecule has 31 heavy (non-hydrogen) atoms. The first-order chi connectivity index (χ1) is 15.0. The summed E-state index contributed by atoms with van der Waals surface area (Å²) < 4.78 is 13.4. The Morgan fingerprint density at radius 2 is 1.84 bits per heavy atom. The molecule has 2 aliphatic carbocycles. The van der Waals surface area contributed by atoms with Crippen molar-refractivity contribution in [2.75, 3.05) is 0 Å². The summed E-state index contributed by atoms with van der Waals surface area (Å²) >= 11 is 0. The summed E-state index contributed by atoms with van der Waals surface area (Å²) in [6, 6.07) is 14.0. The van der Waals surface area contributed by atoms with Crippen LogP contribution in [0.15, 0.2) is 53.3 Å². The summed E-state index contributed by atoms with van der Waals surface area (Å²) in [5.41, 5.74) is 2.15. The van der Waals surface area contributed by atoms with Crippen molar-refractivity contribution in [3.05, 3.63) is 76.1 Å². The van der Waals surface area contributed by atoms with Crippen LogP contribution in [0.3, 0.4) is 0 Å². The Balaban J connectivity index is 1.10. The lowest BCUT2D eigenvalue weighted by molar-refractivity contribution is -0.0197. The Kier molecular flexibility index (Phi) is 3.84. The molecule has 1 spiro atoms. The monoisotopic (exact) mass is 416 g/mol. The molecule has 7 heteroatoms. The molecule has 4 aromatic rings. The molecule has 0 radical (unpaired) electrons. The Hall–Kier alpha value is -3.48. The minimum Gasteiger partial charge on any atom is -0.350 e. The van der Waals surface area contributed by atoms with E-state index in [1.54, 1.807) is 12.1 Å². The first-order valence-corrected chi connectivity index (χ1v) is 10.6. The van der Waals surface area contributed by atoms with Gasteiger partial charge < -0.3 is 10.3 Å². The molecule has 6 nitrogen and oxygen atoms in total. The molecule has 2 fully saturated rings. The van der Waals surface area contributed by atoms with E-state index in [1.165, 1.54) is 12.1 Å². The molecule has 156 valence electrons. The van der Waals surface area contributed by atoms with Crippen molar-refractivity contribution in [1.82, 2.24) is 20.5 Å². The summed E-state index contributed by atoms with van der Waals surface area (Å²) in [4.78, 5) is 27.6. The van der Waals surface area contributed by atoms with Crippen molar-refractivity contribution >= 4 is 27.6 Å². The lowest BCUT2D eigenvalue weighted by Crippen LogP contribution is -2.55. The fourth-order valence-electron chi connectivity index (χ4n) is 5.53. The zero-order valence-electron chi connectivity index (χ0n) is 16.7. The fraction of sp³-hybridized carbons (Fsp3) is 0.292. The highest BCUT2D eigenvalue weighted by atomic mass is 19.1. The van der Waals surface area contributed by atoms with Gasteiger partial charge >= 0.3 is 0 Å². The first-order valence-electron chi connectivity index (χ1n) is 10.6. The van der Waals surface area contributed by atoms with Crippen molar-refractivity contribution in [1.29, 1.82) is 0 Å². The highest BCUT2D eigenvalue weighted by Gasteiger charge is 2.54. The number of halogens is 1. The van der Waals surface area contributed by atoms with Crippen molar-refractivity contribution in [2.45, 2.75) is 37.6 Å². The quantitative estimate of drug-likeness (QED) is 0.472. The predicted molar refractivity (Wildman–Crippen MR) is 116 cm³/mol. The third-order valence-electron chi connectivity index (χ3n) is 6.99. The number of aromatic nitrogens is 3. The second-order valence-corrected chi connectivity index (χ2v) is 9.08. The Morgan fingerprint density at radius 3 is 2.65 bits per heavy atom. The third-order valence-corrected chi connectivity index (χ3v) is 6.99.